The van der Waals surface area contributed by atoms with E-state index < -0.39 is 0 Å². The van der Waals surface area contributed by atoms with Crippen molar-refractivity contribution in [1.29, 1.82) is 0 Å². The molecular weight excluding hydrogens is 212 g/mol. The monoisotopic (exact) mass is 236 g/mol. The molecule has 0 aliphatic rings. The van der Waals surface area contributed by atoms with E-state index in [-0.39, 0.29) is 0 Å². The van der Waals surface area contributed by atoms with E-state index >= 15 is 0 Å². The second kappa shape index (κ2) is 4.83. The summed E-state index contributed by atoms with van der Waals surface area (Å²) in [6, 6.07) is 10.7. The standard InChI is InChI=1S/C15H24S/c1-14(2,3)13(15(4,5)6)16-12-10-8-7-9-11-12/h7-11,13H,1-6H3. The van der Waals surface area contributed by atoms with Crippen LogP contribution in [-0.2, 0) is 0 Å². The van der Waals surface area contributed by atoms with Crippen LogP contribution in [0.2, 0.25) is 0 Å². The van der Waals surface area contributed by atoms with Crippen molar-refractivity contribution in [3.8, 4) is 0 Å². The van der Waals surface area contributed by atoms with E-state index in [4.69, 9.17) is 0 Å². The number of benzene rings is 1. The molecular formula is C15H24S. The van der Waals surface area contributed by atoms with E-state index in [1.165, 1.54) is 4.90 Å². The van der Waals surface area contributed by atoms with Crippen LogP contribution in [-0.4, -0.2) is 5.25 Å². The first-order chi connectivity index (χ1) is 7.21. The number of thioether (sulfide) groups is 1. The van der Waals surface area contributed by atoms with E-state index in [1.807, 2.05) is 11.8 Å². The van der Waals surface area contributed by atoms with Gasteiger partial charge in [0, 0.05) is 10.1 Å². The van der Waals surface area contributed by atoms with Gasteiger partial charge in [0.2, 0.25) is 0 Å². The highest BCUT2D eigenvalue weighted by Gasteiger charge is 2.35. The summed E-state index contributed by atoms with van der Waals surface area (Å²) in [4.78, 5) is 1.37. The predicted octanol–water partition coefficient (Wildman–Crippen LogP) is 5.24. The van der Waals surface area contributed by atoms with Gasteiger partial charge in [-0.05, 0) is 23.0 Å². The molecule has 1 rings (SSSR count). The van der Waals surface area contributed by atoms with Crippen LogP contribution in [0.4, 0.5) is 0 Å². The summed E-state index contributed by atoms with van der Waals surface area (Å²) < 4.78 is 0. The molecule has 1 aromatic carbocycles. The van der Waals surface area contributed by atoms with Gasteiger partial charge in [-0.2, -0.15) is 0 Å². The van der Waals surface area contributed by atoms with Crippen molar-refractivity contribution in [1.82, 2.24) is 0 Å². The van der Waals surface area contributed by atoms with Crippen molar-refractivity contribution < 1.29 is 0 Å². The molecule has 0 saturated heterocycles. The van der Waals surface area contributed by atoms with Gasteiger partial charge in [-0.15, -0.1) is 11.8 Å². The van der Waals surface area contributed by atoms with Crippen LogP contribution in [0.3, 0.4) is 0 Å². The molecule has 0 unspecified atom stereocenters. The van der Waals surface area contributed by atoms with E-state index in [9.17, 15) is 0 Å². The molecule has 0 aliphatic heterocycles. The number of rotatable bonds is 2. The minimum atomic E-state index is 0.318. The fourth-order valence-electron chi connectivity index (χ4n) is 2.29. The zero-order valence-electron chi connectivity index (χ0n) is 11.4. The van der Waals surface area contributed by atoms with Crippen molar-refractivity contribution in [2.45, 2.75) is 51.7 Å². The Morgan fingerprint density at radius 2 is 1.25 bits per heavy atom. The minimum absolute atomic E-state index is 0.318. The van der Waals surface area contributed by atoms with Crippen LogP contribution < -0.4 is 0 Å². The summed E-state index contributed by atoms with van der Waals surface area (Å²) in [5, 5.41) is 0.613. The fraction of sp³-hybridized carbons (Fsp3) is 0.600. The first-order valence-corrected chi connectivity index (χ1v) is 6.81. The van der Waals surface area contributed by atoms with Crippen molar-refractivity contribution in [3.05, 3.63) is 30.3 Å². The van der Waals surface area contributed by atoms with Crippen LogP contribution >= 0.6 is 11.8 Å². The SMILES string of the molecule is CC(C)(C)C(Sc1ccccc1)C(C)(C)C. The summed E-state index contributed by atoms with van der Waals surface area (Å²) in [5.41, 5.74) is 0.636. The van der Waals surface area contributed by atoms with Crippen LogP contribution in [0, 0.1) is 10.8 Å². The Hall–Kier alpha value is -0.430. The molecule has 0 amide bonds. The van der Waals surface area contributed by atoms with Crippen molar-refractivity contribution >= 4 is 11.8 Å². The van der Waals surface area contributed by atoms with Gasteiger partial charge in [0.05, 0.1) is 0 Å². The first kappa shape index (κ1) is 13.6. The zero-order valence-corrected chi connectivity index (χ0v) is 12.2. The highest BCUT2D eigenvalue weighted by molar-refractivity contribution is 8.00. The molecule has 1 heteroatoms. The Labute approximate surface area is 105 Å². The molecule has 90 valence electrons. The summed E-state index contributed by atoms with van der Waals surface area (Å²) in [5.74, 6) is 0. The fourth-order valence-corrected chi connectivity index (χ4v) is 3.58. The Morgan fingerprint density at radius 1 is 0.812 bits per heavy atom. The molecule has 0 bridgehead atoms. The van der Waals surface area contributed by atoms with Gasteiger partial charge in [-0.25, -0.2) is 0 Å². The van der Waals surface area contributed by atoms with E-state index in [1.54, 1.807) is 0 Å². The highest BCUT2D eigenvalue weighted by atomic mass is 32.2. The molecule has 0 N–H and O–H groups in total. The van der Waals surface area contributed by atoms with Gasteiger partial charge < -0.3 is 0 Å². The second-order valence-corrected chi connectivity index (χ2v) is 7.72. The van der Waals surface area contributed by atoms with Gasteiger partial charge in [0.1, 0.15) is 0 Å². The maximum absolute atomic E-state index is 2.33. The van der Waals surface area contributed by atoms with E-state index in [0.717, 1.165) is 0 Å². The molecule has 16 heavy (non-hydrogen) atoms. The average molecular weight is 236 g/mol. The van der Waals surface area contributed by atoms with Gasteiger partial charge >= 0.3 is 0 Å². The Morgan fingerprint density at radius 3 is 1.62 bits per heavy atom. The number of hydrogen-bond donors (Lipinski definition) is 0. The van der Waals surface area contributed by atoms with Crippen LogP contribution in [0.5, 0.6) is 0 Å². The molecule has 0 aliphatic carbocycles. The highest BCUT2D eigenvalue weighted by Crippen LogP contribution is 2.45. The molecule has 0 fully saturated rings. The van der Waals surface area contributed by atoms with Crippen LogP contribution in [0.25, 0.3) is 0 Å². The summed E-state index contributed by atoms with van der Waals surface area (Å²) in [7, 11) is 0. The molecule has 0 saturated carbocycles. The third-order valence-corrected chi connectivity index (χ3v) is 4.76. The smallest absolute Gasteiger partial charge is 0.0191 e. The quantitative estimate of drug-likeness (QED) is 0.633. The lowest BCUT2D eigenvalue weighted by Crippen LogP contribution is -2.35. The summed E-state index contributed by atoms with van der Waals surface area (Å²) in [6.07, 6.45) is 0. The van der Waals surface area contributed by atoms with Gasteiger partial charge in [-0.3, -0.25) is 0 Å². The Kier molecular flexibility index (Phi) is 4.12. The lowest BCUT2D eigenvalue weighted by Gasteiger charge is -2.40. The van der Waals surface area contributed by atoms with Crippen molar-refractivity contribution in [2.24, 2.45) is 10.8 Å². The van der Waals surface area contributed by atoms with Crippen LogP contribution in [0.15, 0.2) is 35.2 Å². The lowest BCUT2D eigenvalue weighted by molar-refractivity contribution is 0.249. The van der Waals surface area contributed by atoms with Crippen molar-refractivity contribution in [2.75, 3.05) is 0 Å². The maximum Gasteiger partial charge on any atom is 0.0191 e. The van der Waals surface area contributed by atoms with Gasteiger partial charge in [0.25, 0.3) is 0 Å². The zero-order chi connectivity index (χ0) is 12.4. The largest absolute Gasteiger partial charge is 0.122 e. The number of hydrogen-bond acceptors (Lipinski definition) is 1. The van der Waals surface area contributed by atoms with Gasteiger partial charge in [-0.1, -0.05) is 59.7 Å². The third-order valence-electron chi connectivity index (χ3n) is 2.57. The molecule has 0 spiro atoms. The normalized spacial score (nSPS) is 13.2. The topological polar surface area (TPSA) is 0 Å². The summed E-state index contributed by atoms with van der Waals surface area (Å²) in [6.45, 7) is 14.0. The second-order valence-electron chi connectivity index (χ2n) is 6.54. The predicted molar refractivity (Wildman–Crippen MR) is 75.0 cm³/mol. The third kappa shape index (κ3) is 3.86. The van der Waals surface area contributed by atoms with E-state index in [0.29, 0.717) is 16.1 Å². The Balaban J connectivity index is 2.89. The summed E-state index contributed by atoms with van der Waals surface area (Å²) >= 11 is 2.00. The van der Waals surface area contributed by atoms with Crippen LogP contribution in [0.1, 0.15) is 41.5 Å². The molecule has 0 heterocycles. The van der Waals surface area contributed by atoms with Crippen molar-refractivity contribution in [3.63, 3.8) is 0 Å². The lowest BCUT2D eigenvalue weighted by atomic mass is 9.77. The molecule has 0 radical (unpaired) electrons. The first-order valence-electron chi connectivity index (χ1n) is 5.93. The molecule has 1 aromatic rings. The molecule has 0 nitrogen and oxygen atoms in total. The molecule has 0 aromatic heterocycles. The maximum atomic E-state index is 2.33. The minimum Gasteiger partial charge on any atom is -0.122 e. The average Bonchev–Trinajstić information content (AvgIpc) is 2.12. The Bertz CT molecular complexity index is 300. The van der Waals surface area contributed by atoms with Gasteiger partial charge in [0.15, 0.2) is 0 Å². The van der Waals surface area contributed by atoms with E-state index in [2.05, 4.69) is 71.9 Å². The molecule has 0 atom stereocenters.